The first-order chi connectivity index (χ1) is 10.9. The highest BCUT2D eigenvalue weighted by Crippen LogP contribution is 2.36. The van der Waals surface area contributed by atoms with E-state index in [1.165, 1.54) is 17.8 Å². The first-order valence-corrected chi connectivity index (χ1v) is 8.84. The number of aryl methyl sites for hydroxylation is 3. The molecule has 132 valence electrons. The quantitative estimate of drug-likeness (QED) is 0.873. The molecule has 24 heavy (non-hydrogen) atoms. The standard InChI is InChI=1S/C12H14F3N5O2S2/c1-7-8(4-5-24(16,21)22)11(20(3)17-7)23-10-6-9(12(13,14)15)18-19(10)2/h4-6H,1-3H3,(H2,16,21,22)/b5-4+. The van der Waals surface area contributed by atoms with Gasteiger partial charge in [-0.05, 0) is 13.0 Å². The van der Waals surface area contributed by atoms with Crippen LogP contribution in [-0.4, -0.2) is 28.0 Å². The van der Waals surface area contributed by atoms with Crippen LogP contribution in [0.25, 0.3) is 6.08 Å². The van der Waals surface area contributed by atoms with E-state index in [-0.39, 0.29) is 5.03 Å². The Kier molecular flexibility index (Phi) is 4.84. The van der Waals surface area contributed by atoms with Crippen LogP contribution in [0.3, 0.4) is 0 Å². The third-order valence-electron chi connectivity index (χ3n) is 2.97. The van der Waals surface area contributed by atoms with Gasteiger partial charge in [0.05, 0.1) is 5.69 Å². The minimum absolute atomic E-state index is 0.232. The van der Waals surface area contributed by atoms with E-state index in [0.29, 0.717) is 16.3 Å². The van der Waals surface area contributed by atoms with E-state index in [1.54, 1.807) is 14.0 Å². The number of nitrogens with zero attached hydrogens (tertiary/aromatic N) is 4. The van der Waals surface area contributed by atoms with Gasteiger partial charge in [-0.2, -0.15) is 23.4 Å². The Morgan fingerprint density at radius 3 is 2.38 bits per heavy atom. The molecule has 2 rings (SSSR count). The van der Waals surface area contributed by atoms with Gasteiger partial charge < -0.3 is 0 Å². The normalized spacial score (nSPS) is 13.1. The monoisotopic (exact) mass is 381 g/mol. The van der Waals surface area contributed by atoms with Crippen LogP contribution in [0.1, 0.15) is 17.0 Å². The van der Waals surface area contributed by atoms with E-state index < -0.39 is 21.9 Å². The molecule has 0 saturated heterocycles. The highest BCUT2D eigenvalue weighted by molar-refractivity contribution is 7.99. The average molecular weight is 381 g/mol. The number of hydrogen-bond acceptors (Lipinski definition) is 5. The van der Waals surface area contributed by atoms with Crippen molar-refractivity contribution in [3.05, 3.63) is 28.4 Å². The first kappa shape index (κ1) is 18.5. The van der Waals surface area contributed by atoms with Crippen LogP contribution in [0.15, 0.2) is 21.5 Å². The van der Waals surface area contributed by atoms with Crippen molar-refractivity contribution in [3.8, 4) is 0 Å². The van der Waals surface area contributed by atoms with Crippen molar-refractivity contribution in [2.45, 2.75) is 23.2 Å². The first-order valence-electron chi connectivity index (χ1n) is 6.42. The van der Waals surface area contributed by atoms with Crippen LogP contribution < -0.4 is 5.14 Å². The molecule has 2 aromatic heterocycles. The summed E-state index contributed by atoms with van der Waals surface area (Å²) in [5.74, 6) is 0. The summed E-state index contributed by atoms with van der Waals surface area (Å²) in [6.45, 7) is 1.65. The molecule has 0 unspecified atom stereocenters. The lowest BCUT2D eigenvalue weighted by Crippen LogP contribution is -2.06. The number of halogens is 3. The third-order valence-corrected chi connectivity index (χ3v) is 4.75. The predicted molar refractivity (Wildman–Crippen MR) is 82.4 cm³/mol. The maximum Gasteiger partial charge on any atom is 0.435 e. The number of aromatic nitrogens is 4. The molecule has 0 fully saturated rings. The Labute approximate surface area is 140 Å². The smallest absolute Gasteiger partial charge is 0.261 e. The van der Waals surface area contributed by atoms with Crippen LogP contribution in [-0.2, 0) is 30.3 Å². The number of nitrogens with two attached hydrogens (primary N) is 1. The van der Waals surface area contributed by atoms with E-state index in [0.717, 1.165) is 27.9 Å². The van der Waals surface area contributed by atoms with Crippen LogP contribution in [0.2, 0.25) is 0 Å². The lowest BCUT2D eigenvalue weighted by molar-refractivity contribution is -0.141. The zero-order valence-electron chi connectivity index (χ0n) is 12.9. The topological polar surface area (TPSA) is 95.8 Å². The molecular weight excluding hydrogens is 367 g/mol. The third kappa shape index (κ3) is 4.19. The van der Waals surface area contributed by atoms with Crippen LogP contribution in [0.5, 0.6) is 0 Å². The Balaban J connectivity index is 2.44. The van der Waals surface area contributed by atoms with E-state index in [2.05, 4.69) is 10.2 Å². The molecule has 0 radical (unpaired) electrons. The molecule has 2 heterocycles. The second-order valence-electron chi connectivity index (χ2n) is 4.91. The van der Waals surface area contributed by atoms with Crippen molar-refractivity contribution in [2.75, 3.05) is 0 Å². The van der Waals surface area contributed by atoms with E-state index in [4.69, 9.17) is 5.14 Å². The van der Waals surface area contributed by atoms with Gasteiger partial charge in [-0.15, -0.1) is 0 Å². The van der Waals surface area contributed by atoms with Gasteiger partial charge in [-0.3, -0.25) is 9.36 Å². The molecule has 0 saturated carbocycles. The average Bonchev–Trinajstić information content (AvgIpc) is 2.89. The van der Waals surface area contributed by atoms with Crippen LogP contribution in [0.4, 0.5) is 13.2 Å². The van der Waals surface area contributed by atoms with Crippen LogP contribution >= 0.6 is 11.8 Å². The van der Waals surface area contributed by atoms with Gasteiger partial charge in [0, 0.05) is 31.1 Å². The summed E-state index contributed by atoms with van der Waals surface area (Å²) in [4.78, 5) is 0. The number of hydrogen-bond donors (Lipinski definition) is 1. The van der Waals surface area contributed by atoms with Gasteiger partial charge in [0.15, 0.2) is 5.69 Å². The maximum atomic E-state index is 12.7. The van der Waals surface area contributed by atoms with Crippen molar-refractivity contribution < 1.29 is 21.6 Å². The van der Waals surface area contributed by atoms with Crippen molar-refractivity contribution in [1.29, 1.82) is 0 Å². The molecule has 0 aliphatic carbocycles. The summed E-state index contributed by atoms with van der Waals surface area (Å²) in [7, 11) is -0.845. The highest BCUT2D eigenvalue weighted by atomic mass is 32.2. The highest BCUT2D eigenvalue weighted by Gasteiger charge is 2.34. The number of sulfonamides is 1. The van der Waals surface area contributed by atoms with Crippen molar-refractivity contribution in [2.24, 2.45) is 19.2 Å². The van der Waals surface area contributed by atoms with E-state index in [9.17, 15) is 21.6 Å². The molecule has 7 nitrogen and oxygen atoms in total. The predicted octanol–water partition coefficient (Wildman–Crippen LogP) is 1.89. The van der Waals surface area contributed by atoms with Crippen molar-refractivity contribution >= 4 is 27.9 Å². The second-order valence-corrected chi connectivity index (χ2v) is 7.37. The van der Waals surface area contributed by atoms with E-state index >= 15 is 0 Å². The van der Waals surface area contributed by atoms with Gasteiger partial charge in [-0.25, -0.2) is 13.6 Å². The molecule has 0 spiro atoms. The summed E-state index contributed by atoms with van der Waals surface area (Å²) < 4.78 is 62.9. The molecule has 12 heteroatoms. The SMILES string of the molecule is Cc1nn(C)c(Sc2cc(C(F)(F)F)nn2C)c1/C=C/S(N)(=O)=O. The van der Waals surface area contributed by atoms with Crippen molar-refractivity contribution in [1.82, 2.24) is 19.6 Å². The zero-order valence-corrected chi connectivity index (χ0v) is 14.5. The fourth-order valence-electron chi connectivity index (χ4n) is 1.91. The summed E-state index contributed by atoms with van der Waals surface area (Å²) in [6.07, 6.45) is -3.28. The molecule has 0 aromatic carbocycles. The molecule has 2 aromatic rings. The van der Waals surface area contributed by atoms with E-state index in [1.807, 2.05) is 0 Å². The molecular formula is C12H14F3N5O2S2. The van der Waals surface area contributed by atoms with Gasteiger partial charge in [0.25, 0.3) is 0 Å². The summed E-state index contributed by atoms with van der Waals surface area (Å²) in [5.41, 5.74) is -0.0441. The van der Waals surface area contributed by atoms with Crippen molar-refractivity contribution in [3.63, 3.8) is 0 Å². The molecule has 0 aliphatic rings. The Bertz CT molecular complexity index is 897. The summed E-state index contributed by atoms with van der Waals surface area (Å²) in [6, 6.07) is 0.917. The minimum atomic E-state index is -4.55. The molecule has 2 N–H and O–H groups in total. The number of rotatable bonds is 4. The maximum absolute atomic E-state index is 12.7. The summed E-state index contributed by atoms with van der Waals surface area (Å²) in [5, 5.41) is 14.0. The summed E-state index contributed by atoms with van der Waals surface area (Å²) >= 11 is 0.990. The largest absolute Gasteiger partial charge is 0.435 e. The molecule has 0 bridgehead atoms. The molecule has 0 amide bonds. The Morgan fingerprint density at radius 2 is 1.88 bits per heavy atom. The number of alkyl halides is 3. The second kappa shape index (κ2) is 6.26. The lowest BCUT2D eigenvalue weighted by atomic mass is 10.3. The Hall–Kier alpha value is -1.79. The Morgan fingerprint density at radius 1 is 1.25 bits per heavy atom. The van der Waals surface area contributed by atoms with Gasteiger partial charge in [0.1, 0.15) is 10.1 Å². The lowest BCUT2D eigenvalue weighted by Gasteiger charge is -2.04. The van der Waals surface area contributed by atoms with Gasteiger partial charge >= 0.3 is 6.18 Å². The number of primary sulfonamides is 1. The molecule has 0 atom stereocenters. The fraction of sp³-hybridized carbons (Fsp3) is 0.333. The van der Waals surface area contributed by atoms with Crippen LogP contribution in [0, 0.1) is 6.92 Å². The fourth-order valence-corrected chi connectivity index (χ4v) is 3.28. The molecule has 0 aliphatic heterocycles. The van der Waals surface area contributed by atoms with Gasteiger partial charge in [-0.1, -0.05) is 11.8 Å². The van der Waals surface area contributed by atoms with Gasteiger partial charge in [0.2, 0.25) is 10.0 Å². The zero-order chi connectivity index (χ0) is 18.3. The minimum Gasteiger partial charge on any atom is -0.261 e.